The van der Waals surface area contributed by atoms with Gasteiger partial charge >= 0.3 is 0 Å². The topological polar surface area (TPSA) is 84.1 Å². The second-order valence-electron chi connectivity index (χ2n) is 4.33. The number of nitrogens with zero attached hydrogens (tertiary/aromatic N) is 6. The van der Waals surface area contributed by atoms with Gasteiger partial charge in [-0.25, -0.2) is 15.0 Å². The monoisotopic (exact) mass is 257 g/mol. The van der Waals surface area contributed by atoms with E-state index in [-0.39, 0.29) is 0 Å². The van der Waals surface area contributed by atoms with Gasteiger partial charge in [0.15, 0.2) is 0 Å². The number of nitrogen functional groups attached to an aromatic ring is 1. The molecule has 0 aliphatic carbocycles. The summed E-state index contributed by atoms with van der Waals surface area (Å²) in [4.78, 5) is 21.2. The fraction of sp³-hybridized carbons (Fsp3) is 0.333. The Kier molecular flexibility index (Phi) is 3.09. The molecule has 1 aliphatic heterocycles. The minimum Gasteiger partial charge on any atom is -0.382 e. The van der Waals surface area contributed by atoms with Crippen LogP contribution in [-0.2, 0) is 0 Å². The van der Waals surface area contributed by atoms with E-state index in [1.165, 1.54) is 0 Å². The lowest BCUT2D eigenvalue weighted by Crippen LogP contribution is -2.47. The zero-order chi connectivity index (χ0) is 13.1. The normalized spacial score (nSPS) is 15.6. The first-order chi connectivity index (χ1) is 9.33. The maximum absolute atomic E-state index is 5.65. The first-order valence-electron chi connectivity index (χ1n) is 6.17. The van der Waals surface area contributed by atoms with Gasteiger partial charge in [-0.1, -0.05) is 0 Å². The van der Waals surface area contributed by atoms with Crippen LogP contribution in [0.3, 0.4) is 0 Å². The summed E-state index contributed by atoms with van der Waals surface area (Å²) in [7, 11) is 0. The number of piperazine rings is 1. The lowest BCUT2D eigenvalue weighted by atomic mass is 10.3. The Morgan fingerprint density at radius 3 is 2.32 bits per heavy atom. The van der Waals surface area contributed by atoms with E-state index in [1.54, 1.807) is 24.8 Å². The Hall–Kier alpha value is -2.44. The Morgan fingerprint density at radius 1 is 0.947 bits per heavy atom. The van der Waals surface area contributed by atoms with Gasteiger partial charge in [0, 0.05) is 38.6 Å². The summed E-state index contributed by atoms with van der Waals surface area (Å²) in [5.74, 6) is 2.06. The van der Waals surface area contributed by atoms with Crippen molar-refractivity contribution < 1.29 is 0 Å². The second kappa shape index (κ2) is 5.05. The molecule has 2 aromatic rings. The summed E-state index contributed by atoms with van der Waals surface area (Å²) in [6.07, 6.45) is 6.82. The highest BCUT2D eigenvalue weighted by Crippen LogP contribution is 2.15. The highest BCUT2D eigenvalue weighted by atomic mass is 15.3. The van der Waals surface area contributed by atoms with Gasteiger partial charge in [-0.3, -0.25) is 4.98 Å². The van der Waals surface area contributed by atoms with Crippen LogP contribution in [0.4, 0.5) is 17.6 Å². The van der Waals surface area contributed by atoms with Crippen LogP contribution in [0.15, 0.2) is 30.9 Å². The molecule has 3 rings (SSSR count). The van der Waals surface area contributed by atoms with Gasteiger partial charge in [-0.2, -0.15) is 0 Å². The van der Waals surface area contributed by atoms with Crippen molar-refractivity contribution in [2.45, 2.75) is 0 Å². The Balaban J connectivity index is 1.67. The molecule has 0 spiro atoms. The molecule has 1 saturated heterocycles. The van der Waals surface area contributed by atoms with Crippen molar-refractivity contribution in [1.29, 1.82) is 0 Å². The van der Waals surface area contributed by atoms with Gasteiger partial charge in [0.1, 0.15) is 11.6 Å². The van der Waals surface area contributed by atoms with Crippen LogP contribution < -0.4 is 15.5 Å². The number of rotatable bonds is 2. The first-order valence-corrected chi connectivity index (χ1v) is 6.17. The maximum atomic E-state index is 5.65. The van der Waals surface area contributed by atoms with Crippen molar-refractivity contribution in [1.82, 2.24) is 19.9 Å². The van der Waals surface area contributed by atoms with E-state index in [0.29, 0.717) is 5.82 Å². The molecular formula is C12H15N7. The molecular weight excluding hydrogens is 242 g/mol. The lowest BCUT2D eigenvalue weighted by Gasteiger charge is -2.35. The van der Waals surface area contributed by atoms with Crippen molar-refractivity contribution in [2.24, 2.45) is 0 Å². The van der Waals surface area contributed by atoms with E-state index in [0.717, 1.165) is 37.9 Å². The van der Waals surface area contributed by atoms with Crippen LogP contribution in [0, 0.1) is 0 Å². The van der Waals surface area contributed by atoms with Crippen LogP contribution >= 0.6 is 0 Å². The largest absolute Gasteiger partial charge is 0.382 e. The molecule has 1 aliphatic rings. The van der Waals surface area contributed by atoms with Crippen LogP contribution in [-0.4, -0.2) is 46.1 Å². The van der Waals surface area contributed by atoms with Crippen molar-refractivity contribution in [3.05, 3.63) is 30.9 Å². The lowest BCUT2D eigenvalue weighted by molar-refractivity contribution is 0.634. The van der Waals surface area contributed by atoms with E-state index >= 15 is 0 Å². The van der Waals surface area contributed by atoms with Crippen LogP contribution in [0.1, 0.15) is 0 Å². The van der Waals surface area contributed by atoms with Crippen LogP contribution in [0.25, 0.3) is 0 Å². The SMILES string of the molecule is Nc1cncc(N2CCN(c3ncccn3)CC2)n1. The third-order valence-corrected chi connectivity index (χ3v) is 3.08. The molecule has 98 valence electrons. The Morgan fingerprint density at radius 2 is 1.63 bits per heavy atom. The molecule has 0 bridgehead atoms. The molecule has 2 N–H and O–H groups in total. The van der Waals surface area contributed by atoms with Crippen LogP contribution in [0.2, 0.25) is 0 Å². The molecule has 0 saturated carbocycles. The van der Waals surface area contributed by atoms with E-state index in [9.17, 15) is 0 Å². The Labute approximate surface area is 111 Å². The number of hydrogen-bond acceptors (Lipinski definition) is 7. The molecule has 0 aromatic carbocycles. The maximum Gasteiger partial charge on any atom is 0.225 e. The molecule has 0 amide bonds. The highest BCUT2D eigenvalue weighted by Gasteiger charge is 2.19. The van der Waals surface area contributed by atoms with Gasteiger partial charge in [-0.05, 0) is 6.07 Å². The molecule has 19 heavy (non-hydrogen) atoms. The summed E-state index contributed by atoms with van der Waals surface area (Å²) in [5.41, 5.74) is 5.65. The summed E-state index contributed by atoms with van der Waals surface area (Å²) in [6, 6.07) is 1.82. The summed E-state index contributed by atoms with van der Waals surface area (Å²) >= 11 is 0. The van der Waals surface area contributed by atoms with E-state index in [2.05, 4.69) is 29.7 Å². The zero-order valence-corrected chi connectivity index (χ0v) is 10.5. The third kappa shape index (κ3) is 2.54. The minimum atomic E-state index is 0.450. The summed E-state index contributed by atoms with van der Waals surface area (Å²) < 4.78 is 0. The smallest absolute Gasteiger partial charge is 0.225 e. The molecule has 3 heterocycles. The van der Waals surface area contributed by atoms with Gasteiger partial charge < -0.3 is 15.5 Å². The Bertz CT molecular complexity index is 537. The van der Waals surface area contributed by atoms with E-state index < -0.39 is 0 Å². The van der Waals surface area contributed by atoms with Gasteiger partial charge in [0.2, 0.25) is 5.95 Å². The fourth-order valence-electron chi connectivity index (χ4n) is 2.11. The summed E-state index contributed by atoms with van der Waals surface area (Å²) in [5, 5.41) is 0. The van der Waals surface area contributed by atoms with Crippen molar-refractivity contribution in [3.63, 3.8) is 0 Å². The number of anilines is 3. The van der Waals surface area contributed by atoms with Gasteiger partial charge in [-0.15, -0.1) is 0 Å². The predicted molar refractivity (Wildman–Crippen MR) is 72.9 cm³/mol. The molecule has 0 unspecified atom stereocenters. The van der Waals surface area contributed by atoms with Crippen molar-refractivity contribution in [3.8, 4) is 0 Å². The average molecular weight is 257 g/mol. The number of nitrogens with two attached hydrogens (primary N) is 1. The average Bonchev–Trinajstić information content (AvgIpc) is 2.48. The highest BCUT2D eigenvalue weighted by molar-refractivity contribution is 5.44. The molecule has 1 fully saturated rings. The molecule has 7 nitrogen and oxygen atoms in total. The molecule has 0 radical (unpaired) electrons. The van der Waals surface area contributed by atoms with Crippen molar-refractivity contribution in [2.75, 3.05) is 41.7 Å². The molecule has 7 heteroatoms. The fourth-order valence-corrected chi connectivity index (χ4v) is 2.11. The third-order valence-electron chi connectivity index (χ3n) is 3.08. The zero-order valence-electron chi connectivity index (χ0n) is 10.5. The summed E-state index contributed by atoms with van der Waals surface area (Å²) in [6.45, 7) is 3.44. The predicted octanol–water partition coefficient (Wildman–Crippen LogP) is 0.175. The standard InChI is InChI=1S/C12H15N7/c13-10-8-14-9-11(17-10)18-4-6-19(7-5-18)12-15-2-1-3-16-12/h1-3,8-9H,4-7H2,(H2,13,17). The van der Waals surface area contributed by atoms with Crippen molar-refractivity contribution >= 4 is 17.6 Å². The minimum absolute atomic E-state index is 0.450. The van der Waals surface area contributed by atoms with E-state index in [4.69, 9.17) is 5.73 Å². The first kappa shape index (κ1) is 11.6. The van der Waals surface area contributed by atoms with Gasteiger partial charge in [0.05, 0.1) is 12.4 Å². The second-order valence-corrected chi connectivity index (χ2v) is 4.33. The molecule has 0 atom stereocenters. The van der Waals surface area contributed by atoms with Crippen LogP contribution in [0.5, 0.6) is 0 Å². The number of aromatic nitrogens is 4. The number of hydrogen-bond donors (Lipinski definition) is 1. The van der Waals surface area contributed by atoms with Gasteiger partial charge in [0.25, 0.3) is 0 Å². The quantitative estimate of drug-likeness (QED) is 0.821. The molecule has 2 aromatic heterocycles. The van der Waals surface area contributed by atoms with E-state index in [1.807, 2.05) is 6.07 Å².